The largest absolute Gasteiger partial charge is 0.493 e. The predicted molar refractivity (Wildman–Crippen MR) is 84.6 cm³/mol. The van der Waals surface area contributed by atoms with Gasteiger partial charge in [0, 0.05) is 6.54 Å². The Bertz CT molecular complexity index is 563. The number of hydrogen-bond donors (Lipinski definition) is 0. The third-order valence-electron chi connectivity index (χ3n) is 3.81. The fraction of sp³-hybridized carbons (Fsp3) is 0.588. The third kappa shape index (κ3) is 3.29. The molecule has 5 heteroatoms. The van der Waals surface area contributed by atoms with Crippen molar-refractivity contribution in [3.05, 3.63) is 23.3 Å². The fourth-order valence-electron chi connectivity index (χ4n) is 2.71. The zero-order valence-electron chi connectivity index (χ0n) is 14.2. The number of methoxy groups -OCH3 is 2. The summed E-state index contributed by atoms with van der Waals surface area (Å²) in [6.07, 6.45) is 0.500. The number of rotatable bonds is 2. The minimum absolute atomic E-state index is 0.0570. The van der Waals surface area contributed by atoms with Gasteiger partial charge in [-0.3, -0.25) is 0 Å². The van der Waals surface area contributed by atoms with Crippen LogP contribution in [0.25, 0.3) is 0 Å². The second kappa shape index (κ2) is 6.07. The molecule has 0 saturated carbocycles. The molecule has 0 radical (unpaired) electrons. The molecule has 1 aromatic carbocycles. The molecular weight excluding hydrogens is 282 g/mol. The van der Waals surface area contributed by atoms with Gasteiger partial charge in [0.25, 0.3) is 0 Å². The van der Waals surface area contributed by atoms with Crippen LogP contribution in [0.3, 0.4) is 0 Å². The molecule has 22 heavy (non-hydrogen) atoms. The van der Waals surface area contributed by atoms with E-state index in [1.54, 1.807) is 19.1 Å². The van der Waals surface area contributed by atoms with Crippen LogP contribution in [0.1, 0.15) is 44.9 Å². The highest BCUT2D eigenvalue weighted by molar-refractivity contribution is 5.69. The first kappa shape index (κ1) is 16.5. The van der Waals surface area contributed by atoms with Crippen LogP contribution < -0.4 is 9.47 Å². The van der Waals surface area contributed by atoms with Crippen LogP contribution in [0, 0.1) is 0 Å². The molecule has 0 aromatic heterocycles. The average Bonchev–Trinajstić information content (AvgIpc) is 2.44. The number of amides is 1. The van der Waals surface area contributed by atoms with E-state index in [0.29, 0.717) is 12.3 Å². The minimum Gasteiger partial charge on any atom is -0.493 e. The van der Waals surface area contributed by atoms with E-state index in [1.165, 1.54) is 5.56 Å². The van der Waals surface area contributed by atoms with Crippen molar-refractivity contribution < 1.29 is 19.0 Å². The zero-order chi connectivity index (χ0) is 16.5. The SMILES string of the molecule is COc1cc2c(cc1OC)[C@@H](C)N(C(=O)OC(C)(C)C)CC2. The van der Waals surface area contributed by atoms with Gasteiger partial charge in [0.05, 0.1) is 20.3 Å². The van der Waals surface area contributed by atoms with Gasteiger partial charge in [-0.25, -0.2) is 4.79 Å². The molecule has 1 atom stereocenters. The Labute approximate surface area is 132 Å². The molecular formula is C17H25NO4. The van der Waals surface area contributed by atoms with Crippen LogP contribution >= 0.6 is 0 Å². The number of carbonyl (C=O) groups excluding carboxylic acids is 1. The molecule has 0 N–H and O–H groups in total. The lowest BCUT2D eigenvalue weighted by Gasteiger charge is -2.36. The van der Waals surface area contributed by atoms with Gasteiger partial charge in [-0.2, -0.15) is 0 Å². The highest BCUT2D eigenvalue weighted by Crippen LogP contribution is 2.38. The molecule has 1 aliphatic heterocycles. The normalized spacial score (nSPS) is 17.7. The lowest BCUT2D eigenvalue weighted by Crippen LogP contribution is -2.42. The van der Waals surface area contributed by atoms with Crippen molar-refractivity contribution in [3.8, 4) is 11.5 Å². The Hall–Kier alpha value is -1.91. The molecule has 2 rings (SSSR count). The van der Waals surface area contributed by atoms with Crippen molar-refractivity contribution in [1.29, 1.82) is 0 Å². The van der Waals surface area contributed by atoms with E-state index >= 15 is 0 Å². The summed E-state index contributed by atoms with van der Waals surface area (Å²) in [6.45, 7) is 8.27. The maximum absolute atomic E-state index is 12.4. The number of benzene rings is 1. The number of hydrogen-bond acceptors (Lipinski definition) is 4. The van der Waals surface area contributed by atoms with Gasteiger partial charge in [-0.1, -0.05) is 0 Å². The van der Waals surface area contributed by atoms with E-state index in [1.807, 2.05) is 39.8 Å². The fourth-order valence-corrected chi connectivity index (χ4v) is 2.71. The van der Waals surface area contributed by atoms with Gasteiger partial charge in [-0.05, 0) is 57.4 Å². The van der Waals surface area contributed by atoms with Gasteiger partial charge < -0.3 is 19.1 Å². The third-order valence-corrected chi connectivity index (χ3v) is 3.81. The molecule has 1 heterocycles. The molecule has 0 saturated heterocycles. The minimum atomic E-state index is -0.491. The summed E-state index contributed by atoms with van der Waals surface area (Å²) in [6, 6.07) is 3.89. The second-order valence-corrected chi connectivity index (χ2v) is 6.51. The lowest BCUT2D eigenvalue weighted by molar-refractivity contribution is 0.0159. The molecule has 122 valence electrons. The molecule has 0 unspecified atom stereocenters. The Morgan fingerprint density at radius 2 is 1.77 bits per heavy atom. The van der Waals surface area contributed by atoms with Crippen LogP contribution in [0.4, 0.5) is 4.79 Å². The van der Waals surface area contributed by atoms with Crippen LogP contribution in [-0.2, 0) is 11.2 Å². The number of carbonyl (C=O) groups is 1. The average molecular weight is 307 g/mol. The van der Waals surface area contributed by atoms with Crippen molar-refractivity contribution in [2.24, 2.45) is 0 Å². The topological polar surface area (TPSA) is 48.0 Å². The first-order valence-electron chi connectivity index (χ1n) is 7.51. The second-order valence-electron chi connectivity index (χ2n) is 6.51. The van der Waals surface area contributed by atoms with E-state index in [9.17, 15) is 4.79 Å². The van der Waals surface area contributed by atoms with E-state index in [4.69, 9.17) is 14.2 Å². The molecule has 0 spiro atoms. The smallest absolute Gasteiger partial charge is 0.410 e. The summed E-state index contributed by atoms with van der Waals surface area (Å²) in [5, 5.41) is 0. The summed E-state index contributed by atoms with van der Waals surface area (Å²) in [5.41, 5.74) is 1.77. The number of nitrogens with zero attached hydrogens (tertiary/aromatic N) is 1. The maximum atomic E-state index is 12.4. The van der Waals surface area contributed by atoms with Gasteiger partial charge >= 0.3 is 6.09 Å². The quantitative estimate of drug-likeness (QED) is 0.838. The van der Waals surface area contributed by atoms with Crippen molar-refractivity contribution in [2.75, 3.05) is 20.8 Å². The van der Waals surface area contributed by atoms with Gasteiger partial charge in [-0.15, -0.1) is 0 Å². The van der Waals surface area contributed by atoms with E-state index in [2.05, 4.69) is 0 Å². The molecule has 1 aliphatic rings. The van der Waals surface area contributed by atoms with Crippen LogP contribution in [0.5, 0.6) is 11.5 Å². The first-order chi connectivity index (χ1) is 10.3. The van der Waals surface area contributed by atoms with E-state index in [0.717, 1.165) is 17.7 Å². The number of fused-ring (bicyclic) bond motifs is 1. The van der Waals surface area contributed by atoms with Gasteiger partial charge in [0.2, 0.25) is 0 Å². The van der Waals surface area contributed by atoms with Crippen LogP contribution in [-0.4, -0.2) is 37.4 Å². The molecule has 1 amide bonds. The summed E-state index contributed by atoms with van der Waals surface area (Å²) < 4.78 is 16.2. The Kier molecular flexibility index (Phi) is 4.54. The molecule has 0 bridgehead atoms. The van der Waals surface area contributed by atoms with Crippen LogP contribution in [0.2, 0.25) is 0 Å². The first-order valence-corrected chi connectivity index (χ1v) is 7.51. The van der Waals surface area contributed by atoms with E-state index < -0.39 is 5.60 Å². The standard InChI is InChI=1S/C17H25NO4/c1-11-13-10-15(21-6)14(20-5)9-12(13)7-8-18(11)16(19)22-17(2,3)4/h9-11H,7-8H2,1-6H3/t11-/m1/s1. The van der Waals surface area contributed by atoms with Crippen molar-refractivity contribution in [2.45, 2.75) is 45.8 Å². The monoisotopic (exact) mass is 307 g/mol. The summed E-state index contributed by atoms with van der Waals surface area (Å²) in [4.78, 5) is 14.1. The van der Waals surface area contributed by atoms with E-state index in [-0.39, 0.29) is 12.1 Å². The maximum Gasteiger partial charge on any atom is 0.410 e. The Morgan fingerprint density at radius 1 is 1.18 bits per heavy atom. The van der Waals surface area contributed by atoms with Gasteiger partial charge in [0.15, 0.2) is 11.5 Å². The summed E-state index contributed by atoms with van der Waals surface area (Å²) in [7, 11) is 3.24. The molecule has 5 nitrogen and oxygen atoms in total. The zero-order valence-corrected chi connectivity index (χ0v) is 14.2. The molecule has 0 aliphatic carbocycles. The lowest BCUT2D eigenvalue weighted by atomic mass is 9.93. The van der Waals surface area contributed by atoms with Crippen molar-refractivity contribution in [1.82, 2.24) is 4.90 Å². The van der Waals surface area contributed by atoms with Gasteiger partial charge in [0.1, 0.15) is 5.60 Å². The highest BCUT2D eigenvalue weighted by atomic mass is 16.6. The van der Waals surface area contributed by atoms with Crippen molar-refractivity contribution >= 4 is 6.09 Å². The summed E-state index contributed by atoms with van der Waals surface area (Å²) in [5.74, 6) is 1.40. The Balaban J connectivity index is 2.29. The van der Waals surface area contributed by atoms with Crippen molar-refractivity contribution in [3.63, 3.8) is 0 Å². The Morgan fingerprint density at radius 3 is 2.32 bits per heavy atom. The van der Waals surface area contributed by atoms with Crippen LogP contribution in [0.15, 0.2) is 12.1 Å². The molecule has 0 fully saturated rings. The number of ether oxygens (including phenoxy) is 3. The molecule has 1 aromatic rings. The summed E-state index contributed by atoms with van der Waals surface area (Å²) >= 11 is 0. The highest BCUT2D eigenvalue weighted by Gasteiger charge is 2.31. The predicted octanol–water partition coefficient (Wildman–Crippen LogP) is 3.56.